The molecule has 0 bridgehead atoms. The van der Waals surface area contributed by atoms with E-state index in [0.717, 1.165) is 14.5 Å². The summed E-state index contributed by atoms with van der Waals surface area (Å²) in [6.07, 6.45) is 1.47. The lowest BCUT2D eigenvalue weighted by Gasteiger charge is -2.05. The Labute approximate surface area is 145 Å². The summed E-state index contributed by atoms with van der Waals surface area (Å²) in [5.41, 5.74) is 1.64. The molecule has 7 nitrogen and oxygen atoms in total. The van der Waals surface area contributed by atoms with Crippen LogP contribution >= 0.6 is 22.6 Å². The molecule has 0 aliphatic rings. The highest BCUT2D eigenvalue weighted by Gasteiger charge is 2.14. The monoisotopic (exact) mass is 421 g/mol. The van der Waals surface area contributed by atoms with Crippen LogP contribution in [0.4, 0.5) is 11.5 Å². The lowest BCUT2D eigenvalue weighted by molar-refractivity contribution is -0.114. The maximum Gasteiger partial charge on any atom is 0.276 e. The maximum absolute atomic E-state index is 12.4. The summed E-state index contributed by atoms with van der Waals surface area (Å²) in [4.78, 5) is 27.4. The first kappa shape index (κ1) is 15.4. The summed E-state index contributed by atoms with van der Waals surface area (Å²) in [7, 11) is 0. The van der Waals surface area contributed by atoms with Gasteiger partial charge in [0.2, 0.25) is 5.91 Å². The number of halogens is 1. The van der Waals surface area contributed by atoms with Crippen molar-refractivity contribution in [2.75, 3.05) is 10.6 Å². The van der Waals surface area contributed by atoms with Gasteiger partial charge < -0.3 is 10.6 Å². The van der Waals surface area contributed by atoms with Crippen LogP contribution < -0.4 is 10.6 Å². The molecule has 2 heterocycles. The molecule has 0 aliphatic heterocycles. The molecule has 1 aromatic carbocycles. The van der Waals surface area contributed by atoms with Gasteiger partial charge in [-0.1, -0.05) is 0 Å². The van der Waals surface area contributed by atoms with Crippen LogP contribution in [-0.4, -0.2) is 27.0 Å². The second-order valence-electron chi connectivity index (χ2n) is 4.83. The topological polar surface area (TPSA) is 99.8 Å². The Morgan fingerprint density at radius 1 is 1.17 bits per heavy atom. The van der Waals surface area contributed by atoms with Crippen molar-refractivity contribution in [3.05, 3.63) is 45.8 Å². The number of aromatic amines is 1. The van der Waals surface area contributed by atoms with Crippen molar-refractivity contribution in [3.8, 4) is 0 Å². The molecule has 3 N–H and O–H groups in total. The number of rotatable bonds is 3. The normalized spacial score (nSPS) is 10.5. The Balaban J connectivity index is 1.80. The third-order valence-electron chi connectivity index (χ3n) is 3.07. The Morgan fingerprint density at radius 3 is 2.70 bits per heavy atom. The van der Waals surface area contributed by atoms with Crippen LogP contribution in [0.5, 0.6) is 0 Å². The van der Waals surface area contributed by atoms with Crippen LogP contribution in [-0.2, 0) is 4.79 Å². The molecule has 0 fully saturated rings. The molecule has 0 radical (unpaired) electrons. The average molecular weight is 421 g/mol. The summed E-state index contributed by atoms with van der Waals surface area (Å²) in [6, 6.07) is 8.99. The maximum atomic E-state index is 12.4. The number of hydrogen-bond donors (Lipinski definition) is 3. The molecular weight excluding hydrogens is 409 g/mol. The van der Waals surface area contributed by atoms with Crippen molar-refractivity contribution in [3.63, 3.8) is 0 Å². The van der Waals surface area contributed by atoms with Gasteiger partial charge in [-0.05, 0) is 52.9 Å². The molecule has 116 valence electrons. The minimum atomic E-state index is -0.327. The van der Waals surface area contributed by atoms with Gasteiger partial charge in [0.15, 0.2) is 5.69 Å². The van der Waals surface area contributed by atoms with E-state index in [1.807, 2.05) is 18.2 Å². The Morgan fingerprint density at radius 2 is 2.00 bits per heavy atom. The van der Waals surface area contributed by atoms with Gasteiger partial charge in [0, 0.05) is 15.9 Å². The van der Waals surface area contributed by atoms with E-state index in [4.69, 9.17) is 0 Å². The fourth-order valence-corrected chi connectivity index (χ4v) is 2.56. The second kappa shape index (κ2) is 6.32. The molecule has 0 unspecified atom stereocenters. The largest absolute Gasteiger partial charge is 0.319 e. The van der Waals surface area contributed by atoms with E-state index in [2.05, 4.69) is 48.4 Å². The zero-order chi connectivity index (χ0) is 16.4. The molecule has 0 atom stereocenters. The fraction of sp³-hybridized carbons (Fsp3) is 0.0667. The number of carbonyl (C=O) groups is 2. The average Bonchev–Trinajstić information content (AvgIpc) is 2.91. The first-order valence-electron chi connectivity index (χ1n) is 6.71. The van der Waals surface area contributed by atoms with Gasteiger partial charge in [-0.25, -0.2) is 4.98 Å². The zero-order valence-electron chi connectivity index (χ0n) is 12.1. The van der Waals surface area contributed by atoms with Crippen LogP contribution in [0.1, 0.15) is 17.4 Å². The Bertz CT molecular complexity index is 889. The number of amides is 2. The number of aromatic nitrogens is 3. The molecule has 2 amide bonds. The number of nitrogens with one attached hydrogen (secondary N) is 3. The van der Waals surface area contributed by atoms with Gasteiger partial charge in [0.25, 0.3) is 5.91 Å². The number of benzene rings is 1. The summed E-state index contributed by atoms with van der Waals surface area (Å²) in [5, 5.41) is 13.0. The van der Waals surface area contributed by atoms with Crippen LogP contribution in [0.15, 0.2) is 36.5 Å². The van der Waals surface area contributed by atoms with Gasteiger partial charge >= 0.3 is 0 Å². The van der Waals surface area contributed by atoms with E-state index in [1.54, 1.807) is 12.1 Å². The molecular formula is C15H12IN5O2. The first-order valence-corrected chi connectivity index (χ1v) is 7.79. The third kappa shape index (κ3) is 3.47. The molecule has 23 heavy (non-hydrogen) atoms. The highest BCUT2D eigenvalue weighted by molar-refractivity contribution is 14.1. The van der Waals surface area contributed by atoms with Gasteiger partial charge in [-0.15, -0.1) is 0 Å². The van der Waals surface area contributed by atoms with Gasteiger partial charge in [0.1, 0.15) is 5.82 Å². The number of carbonyl (C=O) groups excluding carboxylic acids is 2. The van der Waals surface area contributed by atoms with E-state index in [-0.39, 0.29) is 11.8 Å². The van der Waals surface area contributed by atoms with E-state index in [9.17, 15) is 9.59 Å². The predicted octanol–water partition coefficient (Wildman–Crippen LogP) is 2.77. The van der Waals surface area contributed by atoms with E-state index >= 15 is 0 Å². The van der Waals surface area contributed by atoms with Crippen molar-refractivity contribution in [1.82, 2.24) is 15.2 Å². The van der Waals surface area contributed by atoms with Crippen molar-refractivity contribution in [1.29, 1.82) is 0 Å². The third-order valence-corrected chi connectivity index (χ3v) is 3.74. The van der Waals surface area contributed by atoms with Crippen LogP contribution in [0.25, 0.3) is 10.9 Å². The first-order chi connectivity index (χ1) is 11.0. The quantitative estimate of drug-likeness (QED) is 0.567. The lowest BCUT2D eigenvalue weighted by Crippen LogP contribution is -2.13. The van der Waals surface area contributed by atoms with Crippen molar-refractivity contribution < 1.29 is 9.59 Å². The van der Waals surface area contributed by atoms with Gasteiger partial charge in [0.05, 0.1) is 17.4 Å². The molecule has 3 aromatic rings. The summed E-state index contributed by atoms with van der Waals surface area (Å²) in [5.74, 6) is -0.102. The van der Waals surface area contributed by atoms with Crippen LogP contribution in [0, 0.1) is 3.57 Å². The minimum Gasteiger partial charge on any atom is -0.319 e. The molecule has 0 spiro atoms. The lowest BCUT2D eigenvalue weighted by atomic mass is 10.2. The van der Waals surface area contributed by atoms with E-state index in [1.165, 1.54) is 13.1 Å². The van der Waals surface area contributed by atoms with E-state index in [0.29, 0.717) is 17.2 Å². The molecule has 2 aromatic heterocycles. The second-order valence-corrected chi connectivity index (χ2v) is 6.08. The number of fused-ring (bicyclic) bond motifs is 1. The molecule has 0 aliphatic carbocycles. The molecule has 3 rings (SSSR count). The summed E-state index contributed by atoms with van der Waals surface area (Å²) in [6.45, 7) is 1.40. The Kier molecular flexibility index (Phi) is 4.24. The zero-order valence-corrected chi connectivity index (χ0v) is 14.2. The smallest absolute Gasteiger partial charge is 0.276 e. The number of H-pyrrole nitrogens is 1. The minimum absolute atomic E-state index is 0.202. The fourth-order valence-electron chi connectivity index (χ4n) is 2.07. The molecule has 0 saturated carbocycles. The number of pyridine rings is 1. The summed E-state index contributed by atoms with van der Waals surface area (Å²) >= 11 is 2.18. The molecule has 0 saturated heterocycles. The van der Waals surface area contributed by atoms with Crippen molar-refractivity contribution in [2.45, 2.75) is 6.92 Å². The number of hydrogen-bond acceptors (Lipinski definition) is 4. The van der Waals surface area contributed by atoms with Crippen molar-refractivity contribution in [2.24, 2.45) is 0 Å². The van der Waals surface area contributed by atoms with E-state index < -0.39 is 0 Å². The van der Waals surface area contributed by atoms with Crippen molar-refractivity contribution >= 4 is 56.8 Å². The standard InChI is InChI=1S/C15H12IN5O2/c1-8(22)18-13-5-3-10(7-17-13)19-15(23)14-11-6-9(16)2-4-12(11)20-21-14/h2-7H,1H3,(H,19,23)(H,20,21)(H,17,18,22). The Hall–Kier alpha value is -2.49. The van der Waals surface area contributed by atoms with Gasteiger partial charge in [-0.2, -0.15) is 5.10 Å². The van der Waals surface area contributed by atoms with Crippen LogP contribution in [0.2, 0.25) is 0 Å². The van der Waals surface area contributed by atoms with Crippen LogP contribution in [0.3, 0.4) is 0 Å². The van der Waals surface area contributed by atoms with Gasteiger partial charge in [-0.3, -0.25) is 14.7 Å². The summed E-state index contributed by atoms with van der Waals surface area (Å²) < 4.78 is 1.02. The number of anilines is 2. The SMILES string of the molecule is CC(=O)Nc1ccc(NC(=O)c2n[nH]c3ccc(I)cc23)cn1. The highest BCUT2D eigenvalue weighted by atomic mass is 127. The molecule has 8 heteroatoms. The highest BCUT2D eigenvalue weighted by Crippen LogP contribution is 2.20. The predicted molar refractivity (Wildman–Crippen MR) is 95.3 cm³/mol. The number of nitrogens with zero attached hydrogens (tertiary/aromatic N) is 2.